The van der Waals surface area contributed by atoms with Gasteiger partial charge in [0.05, 0.1) is 5.56 Å². The Kier molecular flexibility index (Phi) is 5.81. The van der Waals surface area contributed by atoms with Gasteiger partial charge >= 0.3 is 5.97 Å². The number of amides is 1. The molecule has 0 spiro atoms. The normalized spacial score (nSPS) is 9.17. The summed E-state index contributed by atoms with van der Waals surface area (Å²) < 4.78 is 0. The molecule has 0 aliphatic carbocycles. The average molecular weight is 263 g/mol. The van der Waals surface area contributed by atoms with E-state index in [2.05, 4.69) is 29.8 Å². The van der Waals surface area contributed by atoms with Crippen LogP contribution < -0.4 is 5.32 Å². The molecule has 0 aliphatic heterocycles. The number of hydrogen-bond donors (Lipinski definition) is 3. The van der Waals surface area contributed by atoms with E-state index >= 15 is 0 Å². The first kappa shape index (κ1) is 14.1. The molecule has 0 radical (unpaired) electrons. The molecule has 1 amide bonds. The third kappa shape index (κ3) is 4.52. The molecule has 0 saturated carbocycles. The first-order chi connectivity index (χ1) is 8.65. The molecule has 1 aromatic carbocycles. The Labute approximate surface area is 111 Å². The van der Waals surface area contributed by atoms with Crippen LogP contribution in [0.2, 0.25) is 0 Å². The molecule has 0 unspecified atom stereocenters. The van der Waals surface area contributed by atoms with E-state index in [4.69, 9.17) is 5.11 Å². The van der Waals surface area contributed by atoms with Gasteiger partial charge in [-0.15, -0.1) is 0 Å². The summed E-state index contributed by atoms with van der Waals surface area (Å²) in [5.74, 6) is 4.90. The lowest BCUT2D eigenvalue weighted by atomic mass is 10.1. The van der Waals surface area contributed by atoms with E-state index in [-0.39, 0.29) is 0 Å². The third-order valence-electron chi connectivity index (χ3n) is 2.03. The van der Waals surface area contributed by atoms with Crippen molar-refractivity contribution in [1.82, 2.24) is 5.32 Å². The first-order valence-corrected chi connectivity index (χ1v) is 5.97. The molecular weight excluding hydrogens is 250 g/mol. The molecular formula is C13H13NO3S. The number of carbonyl (C=O) groups is 2. The molecule has 1 aromatic rings. The highest BCUT2D eigenvalue weighted by molar-refractivity contribution is 7.80. The summed E-state index contributed by atoms with van der Waals surface area (Å²) in [6.45, 7) is -0.406. The molecule has 0 saturated heterocycles. The lowest BCUT2D eigenvalue weighted by Gasteiger charge is -2.04. The maximum atomic E-state index is 11.7. The average Bonchev–Trinajstić information content (AvgIpc) is 2.37. The Morgan fingerprint density at radius 3 is 2.72 bits per heavy atom. The lowest BCUT2D eigenvalue weighted by Crippen LogP contribution is -2.29. The number of benzene rings is 1. The maximum absolute atomic E-state index is 11.7. The zero-order chi connectivity index (χ0) is 13.4. The molecule has 0 fully saturated rings. The summed E-state index contributed by atoms with van der Waals surface area (Å²) in [4.78, 5) is 22.1. The minimum absolute atomic E-state index is 0.380. The van der Waals surface area contributed by atoms with E-state index in [0.717, 1.165) is 0 Å². The van der Waals surface area contributed by atoms with Crippen molar-refractivity contribution in [2.24, 2.45) is 0 Å². The van der Waals surface area contributed by atoms with Gasteiger partial charge in [-0.1, -0.05) is 24.0 Å². The number of carboxylic acid groups (broad SMARTS) is 1. The second-order valence-electron chi connectivity index (χ2n) is 3.40. The fourth-order valence-corrected chi connectivity index (χ4v) is 1.37. The molecule has 94 valence electrons. The highest BCUT2D eigenvalue weighted by Crippen LogP contribution is 2.07. The Hall–Kier alpha value is -1.93. The number of carbonyl (C=O) groups excluding carboxylic acids is 1. The van der Waals surface area contributed by atoms with E-state index in [1.807, 2.05) is 0 Å². The molecule has 1 rings (SSSR count). The topological polar surface area (TPSA) is 66.4 Å². The van der Waals surface area contributed by atoms with E-state index in [9.17, 15) is 9.59 Å². The number of aliphatic carboxylic acids is 1. The predicted octanol–water partition coefficient (Wildman–Crippen LogP) is 1.17. The van der Waals surface area contributed by atoms with Crippen LogP contribution in [0.4, 0.5) is 0 Å². The first-order valence-electron chi connectivity index (χ1n) is 5.34. The molecule has 5 heteroatoms. The van der Waals surface area contributed by atoms with Gasteiger partial charge in [-0.2, -0.15) is 12.6 Å². The van der Waals surface area contributed by atoms with Crippen molar-refractivity contribution in [3.63, 3.8) is 0 Å². The summed E-state index contributed by atoms with van der Waals surface area (Å²) >= 11 is 4.04. The van der Waals surface area contributed by atoms with Crippen molar-refractivity contribution in [3.8, 4) is 11.8 Å². The minimum atomic E-state index is -1.08. The van der Waals surface area contributed by atoms with Crippen LogP contribution in [0.1, 0.15) is 22.3 Å². The molecule has 0 heterocycles. The number of hydrogen-bond acceptors (Lipinski definition) is 3. The molecule has 0 atom stereocenters. The summed E-state index contributed by atoms with van der Waals surface area (Å²) in [5.41, 5.74) is 0.965. The minimum Gasteiger partial charge on any atom is -0.480 e. The van der Waals surface area contributed by atoms with Crippen LogP contribution in [0.3, 0.4) is 0 Å². The van der Waals surface area contributed by atoms with Crippen molar-refractivity contribution in [2.75, 3.05) is 12.3 Å². The molecule has 2 N–H and O–H groups in total. The fraction of sp³-hybridized carbons (Fsp3) is 0.231. The van der Waals surface area contributed by atoms with Gasteiger partial charge in [0.25, 0.3) is 5.91 Å². The van der Waals surface area contributed by atoms with Crippen LogP contribution in [-0.4, -0.2) is 29.3 Å². The zero-order valence-corrected chi connectivity index (χ0v) is 10.5. The quantitative estimate of drug-likeness (QED) is 0.564. The smallest absolute Gasteiger partial charge is 0.322 e. The monoisotopic (exact) mass is 263 g/mol. The van der Waals surface area contributed by atoms with Crippen LogP contribution >= 0.6 is 12.6 Å². The Balaban J connectivity index is 2.85. The SMILES string of the molecule is O=C(O)CNC(=O)c1ccccc1C#CCCS. The highest BCUT2D eigenvalue weighted by Gasteiger charge is 2.10. The molecule has 0 aliphatic rings. The number of thiol groups is 1. The van der Waals surface area contributed by atoms with Crippen molar-refractivity contribution in [3.05, 3.63) is 35.4 Å². The van der Waals surface area contributed by atoms with Gasteiger partial charge in [-0.3, -0.25) is 9.59 Å². The Bertz CT molecular complexity index is 502. The van der Waals surface area contributed by atoms with Gasteiger partial charge in [0.15, 0.2) is 0 Å². The lowest BCUT2D eigenvalue weighted by molar-refractivity contribution is -0.135. The molecule has 0 bridgehead atoms. The van der Waals surface area contributed by atoms with Crippen LogP contribution in [0, 0.1) is 11.8 Å². The van der Waals surface area contributed by atoms with Gasteiger partial charge in [0, 0.05) is 17.7 Å². The second kappa shape index (κ2) is 7.41. The van der Waals surface area contributed by atoms with Crippen molar-refractivity contribution in [2.45, 2.75) is 6.42 Å². The van der Waals surface area contributed by atoms with Gasteiger partial charge in [0.2, 0.25) is 0 Å². The van der Waals surface area contributed by atoms with Crippen molar-refractivity contribution >= 4 is 24.5 Å². The molecule has 4 nitrogen and oxygen atoms in total. The standard InChI is InChI=1S/C13H13NO3S/c15-12(16)9-14-13(17)11-7-2-1-5-10(11)6-3-4-8-18/h1-2,5,7,18H,4,8-9H2,(H,14,17)(H,15,16). The van der Waals surface area contributed by atoms with Crippen LogP contribution in [0.15, 0.2) is 24.3 Å². The maximum Gasteiger partial charge on any atom is 0.322 e. The van der Waals surface area contributed by atoms with Crippen LogP contribution in [0.25, 0.3) is 0 Å². The van der Waals surface area contributed by atoms with Crippen molar-refractivity contribution < 1.29 is 14.7 Å². The number of nitrogens with one attached hydrogen (secondary N) is 1. The number of carboxylic acids is 1. The van der Waals surface area contributed by atoms with Crippen molar-refractivity contribution in [1.29, 1.82) is 0 Å². The summed E-state index contributed by atoms with van der Waals surface area (Å²) in [6.07, 6.45) is 0.633. The summed E-state index contributed by atoms with van der Waals surface area (Å²) in [7, 11) is 0. The van der Waals surface area contributed by atoms with E-state index in [0.29, 0.717) is 23.3 Å². The number of rotatable bonds is 4. The van der Waals surface area contributed by atoms with Crippen LogP contribution in [0.5, 0.6) is 0 Å². The highest BCUT2D eigenvalue weighted by atomic mass is 32.1. The van der Waals surface area contributed by atoms with E-state index in [1.165, 1.54) is 0 Å². The molecule has 18 heavy (non-hydrogen) atoms. The van der Waals surface area contributed by atoms with E-state index in [1.54, 1.807) is 24.3 Å². The largest absolute Gasteiger partial charge is 0.480 e. The third-order valence-corrected chi connectivity index (χ3v) is 2.26. The Morgan fingerprint density at radius 2 is 2.06 bits per heavy atom. The second-order valence-corrected chi connectivity index (χ2v) is 3.84. The Morgan fingerprint density at radius 1 is 1.33 bits per heavy atom. The zero-order valence-electron chi connectivity index (χ0n) is 9.64. The fourth-order valence-electron chi connectivity index (χ4n) is 1.25. The molecule has 0 aromatic heterocycles. The van der Waals surface area contributed by atoms with E-state index < -0.39 is 18.4 Å². The van der Waals surface area contributed by atoms with Gasteiger partial charge in [-0.05, 0) is 12.1 Å². The van der Waals surface area contributed by atoms with Crippen LogP contribution in [-0.2, 0) is 4.79 Å². The predicted molar refractivity (Wildman–Crippen MR) is 71.8 cm³/mol. The van der Waals surface area contributed by atoms with Gasteiger partial charge < -0.3 is 10.4 Å². The summed E-state index contributed by atoms with van der Waals surface area (Å²) in [5, 5.41) is 10.8. The summed E-state index contributed by atoms with van der Waals surface area (Å²) in [6, 6.07) is 6.82. The van der Waals surface area contributed by atoms with Gasteiger partial charge in [-0.25, -0.2) is 0 Å². The van der Waals surface area contributed by atoms with Gasteiger partial charge in [0.1, 0.15) is 6.54 Å².